The maximum Gasteiger partial charge on any atom is 0.335 e. The van der Waals surface area contributed by atoms with Crippen molar-refractivity contribution in [2.24, 2.45) is 5.92 Å². The topological polar surface area (TPSA) is 69.6 Å². The predicted molar refractivity (Wildman–Crippen MR) is 80.5 cm³/mol. The van der Waals surface area contributed by atoms with Crippen LogP contribution in [0.1, 0.15) is 35.7 Å². The van der Waals surface area contributed by atoms with Crippen LogP contribution < -0.4 is 5.32 Å². The monoisotopic (exact) mass is 290 g/mol. The smallest absolute Gasteiger partial charge is 0.335 e. The van der Waals surface area contributed by atoms with Crippen LogP contribution in [0.15, 0.2) is 24.3 Å². The standard InChI is InChI=1S/C16H22N2O3/c1-11(13-7-8-13)18(2)16(21)17-10-9-12-3-5-14(6-4-12)15(19)20/h3-6,11,13H,7-10H2,1-2H3,(H,17,21)(H,19,20). The zero-order valence-corrected chi connectivity index (χ0v) is 12.5. The van der Waals surface area contributed by atoms with E-state index in [1.54, 1.807) is 29.2 Å². The minimum Gasteiger partial charge on any atom is -0.478 e. The molecule has 1 atom stereocenters. The second-order valence-corrected chi connectivity index (χ2v) is 5.67. The Morgan fingerprint density at radius 2 is 1.95 bits per heavy atom. The molecule has 1 aromatic rings. The van der Waals surface area contributed by atoms with E-state index in [2.05, 4.69) is 12.2 Å². The number of carbonyl (C=O) groups is 2. The van der Waals surface area contributed by atoms with E-state index in [0.717, 1.165) is 5.56 Å². The van der Waals surface area contributed by atoms with Crippen molar-refractivity contribution < 1.29 is 14.7 Å². The van der Waals surface area contributed by atoms with E-state index in [-0.39, 0.29) is 11.6 Å². The molecule has 2 N–H and O–H groups in total. The number of urea groups is 1. The normalized spacial score (nSPS) is 15.3. The van der Waals surface area contributed by atoms with Crippen LogP contribution in [0.3, 0.4) is 0 Å². The summed E-state index contributed by atoms with van der Waals surface area (Å²) in [5, 5.41) is 11.7. The van der Waals surface area contributed by atoms with Gasteiger partial charge in [-0.1, -0.05) is 12.1 Å². The molecule has 0 aromatic heterocycles. The highest BCUT2D eigenvalue weighted by Gasteiger charge is 2.32. The Morgan fingerprint density at radius 1 is 1.33 bits per heavy atom. The molecule has 1 unspecified atom stereocenters. The number of nitrogens with zero attached hydrogens (tertiary/aromatic N) is 1. The second-order valence-electron chi connectivity index (χ2n) is 5.67. The lowest BCUT2D eigenvalue weighted by molar-refractivity contribution is 0.0697. The van der Waals surface area contributed by atoms with Gasteiger partial charge in [-0.2, -0.15) is 0 Å². The van der Waals surface area contributed by atoms with Crippen LogP contribution in [0.4, 0.5) is 4.79 Å². The lowest BCUT2D eigenvalue weighted by Crippen LogP contribution is -2.43. The van der Waals surface area contributed by atoms with Crippen LogP contribution in [0.25, 0.3) is 0 Å². The number of hydrogen-bond acceptors (Lipinski definition) is 2. The molecule has 0 aliphatic heterocycles. The number of aromatic carboxylic acids is 1. The molecule has 2 amide bonds. The highest BCUT2D eigenvalue weighted by Crippen LogP contribution is 2.34. The minimum absolute atomic E-state index is 0.0449. The number of benzene rings is 1. The van der Waals surface area contributed by atoms with Crippen molar-refractivity contribution in [1.82, 2.24) is 10.2 Å². The highest BCUT2D eigenvalue weighted by molar-refractivity contribution is 5.87. The molecule has 0 heterocycles. The van der Waals surface area contributed by atoms with Crippen molar-refractivity contribution in [3.8, 4) is 0 Å². The first-order valence-corrected chi connectivity index (χ1v) is 7.32. The highest BCUT2D eigenvalue weighted by atomic mass is 16.4. The molecule has 114 valence electrons. The van der Waals surface area contributed by atoms with Crippen molar-refractivity contribution in [3.05, 3.63) is 35.4 Å². The van der Waals surface area contributed by atoms with Crippen molar-refractivity contribution in [3.63, 3.8) is 0 Å². The Hall–Kier alpha value is -2.04. The van der Waals surface area contributed by atoms with Gasteiger partial charge in [-0.3, -0.25) is 0 Å². The Bertz CT molecular complexity index is 509. The summed E-state index contributed by atoms with van der Waals surface area (Å²) in [7, 11) is 1.83. The molecule has 21 heavy (non-hydrogen) atoms. The van der Waals surface area contributed by atoms with Gasteiger partial charge in [-0.05, 0) is 49.8 Å². The molecule has 0 spiro atoms. The molecule has 5 nitrogen and oxygen atoms in total. The third kappa shape index (κ3) is 4.21. The Labute approximate surface area is 125 Å². The van der Waals surface area contributed by atoms with E-state index in [1.807, 2.05) is 7.05 Å². The van der Waals surface area contributed by atoms with Crippen molar-refractivity contribution in [2.45, 2.75) is 32.2 Å². The quantitative estimate of drug-likeness (QED) is 0.845. The summed E-state index contributed by atoms with van der Waals surface area (Å²) in [4.78, 5) is 24.5. The SMILES string of the molecule is CC(C1CC1)N(C)C(=O)NCCc1ccc(C(=O)O)cc1. The zero-order valence-electron chi connectivity index (χ0n) is 12.5. The number of amides is 2. The van der Waals surface area contributed by atoms with E-state index >= 15 is 0 Å². The first kappa shape index (κ1) is 15.4. The number of nitrogens with one attached hydrogen (secondary N) is 1. The van der Waals surface area contributed by atoms with Crippen LogP contribution in [0.2, 0.25) is 0 Å². The molecule has 0 radical (unpaired) electrons. The van der Waals surface area contributed by atoms with Crippen LogP contribution in [-0.2, 0) is 6.42 Å². The lowest BCUT2D eigenvalue weighted by Gasteiger charge is -2.25. The van der Waals surface area contributed by atoms with Gasteiger partial charge in [0.05, 0.1) is 5.56 Å². The van der Waals surface area contributed by atoms with Gasteiger partial charge in [0.25, 0.3) is 0 Å². The summed E-state index contributed by atoms with van der Waals surface area (Å²) < 4.78 is 0. The summed E-state index contributed by atoms with van der Waals surface area (Å²) in [5.41, 5.74) is 1.29. The molecule has 0 bridgehead atoms. The molecule has 1 fully saturated rings. The third-order valence-corrected chi connectivity index (χ3v) is 4.13. The molecule has 0 saturated heterocycles. The van der Waals surface area contributed by atoms with Gasteiger partial charge in [0.15, 0.2) is 0 Å². The first-order chi connectivity index (χ1) is 9.99. The van der Waals surface area contributed by atoms with Crippen molar-refractivity contribution in [1.29, 1.82) is 0 Å². The van der Waals surface area contributed by atoms with Crippen LogP contribution >= 0.6 is 0 Å². The summed E-state index contributed by atoms with van der Waals surface area (Å²) in [5.74, 6) is -0.269. The molecule has 2 rings (SSSR count). The van der Waals surface area contributed by atoms with Gasteiger partial charge in [0, 0.05) is 19.6 Å². The summed E-state index contributed by atoms with van der Waals surface area (Å²) >= 11 is 0. The number of rotatable bonds is 6. The maximum absolute atomic E-state index is 12.0. The molecular formula is C16H22N2O3. The number of carboxylic acids is 1. The van der Waals surface area contributed by atoms with E-state index in [9.17, 15) is 9.59 Å². The average molecular weight is 290 g/mol. The maximum atomic E-state index is 12.0. The number of carbonyl (C=O) groups excluding carboxylic acids is 1. The Kier molecular flexibility index (Phi) is 4.83. The van der Waals surface area contributed by atoms with Gasteiger partial charge in [-0.25, -0.2) is 9.59 Å². The Morgan fingerprint density at radius 3 is 2.48 bits per heavy atom. The minimum atomic E-state index is -0.925. The molecule has 5 heteroatoms. The lowest BCUT2D eigenvalue weighted by atomic mass is 10.1. The largest absolute Gasteiger partial charge is 0.478 e. The summed E-state index contributed by atoms with van der Waals surface area (Å²) in [6.07, 6.45) is 3.13. The van der Waals surface area contributed by atoms with Crippen molar-refractivity contribution in [2.75, 3.05) is 13.6 Å². The first-order valence-electron chi connectivity index (χ1n) is 7.32. The van der Waals surface area contributed by atoms with E-state index in [0.29, 0.717) is 24.9 Å². The fourth-order valence-corrected chi connectivity index (χ4v) is 2.33. The molecule has 1 aromatic carbocycles. The predicted octanol–water partition coefficient (Wildman–Crippen LogP) is 2.37. The van der Waals surface area contributed by atoms with Crippen LogP contribution in [0.5, 0.6) is 0 Å². The fraction of sp³-hybridized carbons (Fsp3) is 0.500. The molecular weight excluding hydrogens is 268 g/mol. The second kappa shape index (κ2) is 6.61. The molecule has 1 saturated carbocycles. The molecule has 1 aliphatic rings. The summed E-state index contributed by atoms with van der Waals surface area (Å²) in [6, 6.07) is 6.98. The van der Waals surface area contributed by atoms with Gasteiger partial charge in [0.1, 0.15) is 0 Å². The van der Waals surface area contributed by atoms with Gasteiger partial charge >= 0.3 is 12.0 Å². The third-order valence-electron chi connectivity index (χ3n) is 4.13. The van der Waals surface area contributed by atoms with Crippen LogP contribution in [0, 0.1) is 5.92 Å². The van der Waals surface area contributed by atoms with Gasteiger partial charge in [-0.15, -0.1) is 0 Å². The Balaban J connectivity index is 1.75. The van der Waals surface area contributed by atoms with Gasteiger partial charge < -0.3 is 15.3 Å². The number of hydrogen-bond donors (Lipinski definition) is 2. The molecule has 1 aliphatic carbocycles. The zero-order chi connectivity index (χ0) is 15.4. The van der Waals surface area contributed by atoms with Crippen LogP contribution in [-0.4, -0.2) is 41.6 Å². The van der Waals surface area contributed by atoms with Gasteiger partial charge in [0.2, 0.25) is 0 Å². The average Bonchev–Trinajstić information content (AvgIpc) is 3.30. The van der Waals surface area contributed by atoms with Crippen molar-refractivity contribution >= 4 is 12.0 Å². The summed E-state index contributed by atoms with van der Waals surface area (Å²) in [6.45, 7) is 2.63. The van der Waals surface area contributed by atoms with E-state index < -0.39 is 5.97 Å². The van der Waals surface area contributed by atoms with E-state index in [4.69, 9.17) is 5.11 Å². The number of carboxylic acid groups (broad SMARTS) is 1. The van der Waals surface area contributed by atoms with E-state index in [1.165, 1.54) is 12.8 Å². The fourth-order valence-electron chi connectivity index (χ4n) is 2.33.